The van der Waals surface area contributed by atoms with Crippen LogP contribution in [0.25, 0.3) is 10.8 Å². The van der Waals surface area contributed by atoms with E-state index in [2.05, 4.69) is 0 Å². The number of hydrogen-bond donors (Lipinski definition) is 2. The molecule has 2 aromatic rings. The number of fused-ring (bicyclic) bond motifs is 1. The van der Waals surface area contributed by atoms with Gasteiger partial charge in [0.25, 0.3) is 0 Å². The van der Waals surface area contributed by atoms with E-state index in [9.17, 15) is 9.59 Å². The van der Waals surface area contributed by atoms with Crippen LogP contribution in [0.5, 0.6) is 0 Å². The predicted molar refractivity (Wildman–Crippen MR) is 65.0 cm³/mol. The molecule has 0 atom stereocenters. The normalized spacial score (nSPS) is 9.65. The number of carbonyl (C=O) groups is 2. The van der Waals surface area contributed by atoms with Crippen LogP contribution in [0.2, 0.25) is 0 Å². The van der Waals surface area contributed by atoms with E-state index in [-0.39, 0.29) is 40.7 Å². The van der Waals surface area contributed by atoms with Crippen LogP contribution in [-0.4, -0.2) is 51.7 Å². The van der Waals surface area contributed by atoms with Gasteiger partial charge in [-0.05, 0) is 16.8 Å². The SMILES string of the molecule is O=C(O)c1ccc2ccccc2c1C(=O)O.[NaH]. The van der Waals surface area contributed by atoms with Gasteiger partial charge in [-0.2, -0.15) is 0 Å². The Morgan fingerprint density at radius 3 is 2.12 bits per heavy atom. The van der Waals surface area contributed by atoms with E-state index in [0.29, 0.717) is 10.8 Å². The van der Waals surface area contributed by atoms with Crippen molar-refractivity contribution >= 4 is 52.3 Å². The average molecular weight is 240 g/mol. The summed E-state index contributed by atoms with van der Waals surface area (Å²) in [5, 5.41) is 19.1. The van der Waals surface area contributed by atoms with E-state index in [1.54, 1.807) is 30.3 Å². The van der Waals surface area contributed by atoms with Gasteiger partial charge in [0, 0.05) is 0 Å². The molecule has 0 amide bonds. The van der Waals surface area contributed by atoms with Gasteiger partial charge in [-0.3, -0.25) is 0 Å². The number of carboxylic acids is 2. The molecule has 17 heavy (non-hydrogen) atoms. The number of rotatable bonds is 2. The van der Waals surface area contributed by atoms with Crippen LogP contribution in [0, 0.1) is 0 Å². The van der Waals surface area contributed by atoms with Gasteiger partial charge in [-0.15, -0.1) is 0 Å². The molecule has 0 radical (unpaired) electrons. The first-order valence-corrected chi connectivity index (χ1v) is 4.59. The Bertz CT molecular complexity index is 592. The molecular weight excluding hydrogens is 231 g/mol. The van der Waals surface area contributed by atoms with Gasteiger partial charge in [-0.1, -0.05) is 30.3 Å². The molecule has 0 saturated carbocycles. The van der Waals surface area contributed by atoms with Crippen LogP contribution >= 0.6 is 0 Å². The monoisotopic (exact) mass is 240 g/mol. The standard InChI is InChI=1S/C12H8O4.Na.H/c13-11(14)9-6-5-7-3-1-2-4-8(7)10(9)12(15)16;;/h1-6H,(H,13,14)(H,15,16);;. The topological polar surface area (TPSA) is 74.6 Å². The van der Waals surface area contributed by atoms with Crippen LogP contribution in [0.4, 0.5) is 0 Å². The molecule has 0 spiro atoms. The average Bonchev–Trinajstić information content (AvgIpc) is 2.27. The summed E-state index contributed by atoms with van der Waals surface area (Å²) in [6.45, 7) is 0. The van der Waals surface area contributed by atoms with E-state index in [4.69, 9.17) is 10.2 Å². The molecule has 0 bridgehead atoms. The van der Waals surface area contributed by atoms with E-state index < -0.39 is 11.9 Å². The fourth-order valence-electron chi connectivity index (χ4n) is 1.68. The van der Waals surface area contributed by atoms with Gasteiger partial charge >= 0.3 is 41.5 Å². The Hall–Kier alpha value is -1.36. The van der Waals surface area contributed by atoms with Crippen molar-refractivity contribution in [1.29, 1.82) is 0 Å². The van der Waals surface area contributed by atoms with E-state index >= 15 is 0 Å². The first-order valence-electron chi connectivity index (χ1n) is 4.59. The Balaban J connectivity index is 0.00000144. The van der Waals surface area contributed by atoms with Gasteiger partial charge in [0.15, 0.2) is 0 Å². The molecule has 0 heterocycles. The summed E-state index contributed by atoms with van der Waals surface area (Å²) in [5.41, 5.74) is -0.350. The zero-order valence-electron chi connectivity index (χ0n) is 8.18. The summed E-state index contributed by atoms with van der Waals surface area (Å²) in [7, 11) is 0. The first kappa shape index (κ1) is 13.7. The summed E-state index contributed by atoms with van der Waals surface area (Å²) in [4.78, 5) is 22.0. The van der Waals surface area contributed by atoms with E-state index in [1.165, 1.54) is 6.07 Å². The third-order valence-electron chi connectivity index (χ3n) is 2.37. The molecule has 2 aromatic carbocycles. The molecule has 0 fully saturated rings. The minimum atomic E-state index is -1.23. The van der Waals surface area contributed by atoms with E-state index in [1.807, 2.05) is 0 Å². The fourth-order valence-corrected chi connectivity index (χ4v) is 1.68. The molecular formula is C12H9NaO4. The molecule has 0 aliphatic carbocycles. The van der Waals surface area contributed by atoms with Gasteiger partial charge in [0.1, 0.15) is 0 Å². The van der Waals surface area contributed by atoms with Crippen molar-refractivity contribution in [3.63, 3.8) is 0 Å². The number of benzene rings is 2. The number of aromatic carboxylic acids is 2. The summed E-state index contributed by atoms with van der Waals surface area (Å²) in [5.74, 6) is -2.46. The summed E-state index contributed by atoms with van der Waals surface area (Å²) in [6, 6.07) is 9.72. The quantitative estimate of drug-likeness (QED) is 0.781. The molecule has 0 aliphatic heterocycles. The van der Waals surface area contributed by atoms with Crippen molar-refractivity contribution in [2.24, 2.45) is 0 Å². The Labute approximate surface area is 119 Å². The summed E-state index contributed by atoms with van der Waals surface area (Å²) in [6.07, 6.45) is 0. The van der Waals surface area contributed by atoms with Crippen molar-refractivity contribution in [2.45, 2.75) is 0 Å². The molecule has 0 aromatic heterocycles. The zero-order chi connectivity index (χ0) is 11.7. The van der Waals surface area contributed by atoms with Crippen LogP contribution in [-0.2, 0) is 0 Å². The maximum absolute atomic E-state index is 11.1. The Morgan fingerprint density at radius 1 is 0.882 bits per heavy atom. The third-order valence-corrected chi connectivity index (χ3v) is 2.37. The number of hydrogen-bond acceptors (Lipinski definition) is 2. The van der Waals surface area contributed by atoms with Gasteiger partial charge in [0.05, 0.1) is 11.1 Å². The molecule has 0 saturated heterocycles. The Morgan fingerprint density at radius 2 is 1.53 bits per heavy atom. The fraction of sp³-hybridized carbons (Fsp3) is 0. The van der Waals surface area contributed by atoms with Gasteiger partial charge in [-0.25, -0.2) is 9.59 Å². The predicted octanol–water partition coefficient (Wildman–Crippen LogP) is 1.59. The summed E-state index contributed by atoms with van der Waals surface area (Å²) >= 11 is 0. The number of carboxylic acid groups (broad SMARTS) is 2. The van der Waals surface area contributed by atoms with Crippen LogP contribution in [0.1, 0.15) is 20.7 Å². The Kier molecular flexibility index (Phi) is 4.28. The molecule has 5 heteroatoms. The van der Waals surface area contributed by atoms with Gasteiger partial charge in [0.2, 0.25) is 0 Å². The van der Waals surface area contributed by atoms with Crippen molar-refractivity contribution < 1.29 is 19.8 Å². The van der Waals surface area contributed by atoms with Crippen LogP contribution < -0.4 is 0 Å². The summed E-state index contributed by atoms with van der Waals surface area (Å²) < 4.78 is 0. The maximum atomic E-state index is 11.1. The second-order valence-corrected chi connectivity index (χ2v) is 3.32. The second-order valence-electron chi connectivity index (χ2n) is 3.32. The second kappa shape index (κ2) is 5.31. The van der Waals surface area contributed by atoms with Crippen molar-refractivity contribution in [3.8, 4) is 0 Å². The van der Waals surface area contributed by atoms with Crippen molar-refractivity contribution in [1.82, 2.24) is 0 Å². The molecule has 82 valence electrons. The molecule has 2 rings (SSSR count). The zero-order valence-corrected chi connectivity index (χ0v) is 8.18. The molecule has 0 unspecified atom stereocenters. The van der Waals surface area contributed by atoms with Crippen molar-refractivity contribution in [2.75, 3.05) is 0 Å². The first-order chi connectivity index (χ1) is 7.61. The minimum absolute atomic E-state index is 0. The van der Waals surface area contributed by atoms with Crippen molar-refractivity contribution in [3.05, 3.63) is 47.5 Å². The molecule has 0 aliphatic rings. The molecule has 4 nitrogen and oxygen atoms in total. The van der Waals surface area contributed by atoms with Gasteiger partial charge < -0.3 is 10.2 Å². The van der Waals surface area contributed by atoms with Crippen LogP contribution in [0.15, 0.2) is 36.4 Å². The van der Waals surface area contributed by atoms with E-state index in [0.717, 1.165) is 0 Å². The third kappa shape index (κ3) is 2.49. The molecule has 2 N–H and O–H groups in total. The van der Waals surface area contributed by atoms with Crippen LogP contribution in [0.3, 0.4) is 0 Å².